The summed E-state index contributed by atoms with van der Waals surface area (Å²) in [6, 6.07) is 7.82. The molecule has 0 aliphatic rings. The molecule has 112 valence electrons. The molecule has 0 heterocycles. The standard InChI is InChI=1S/C13H21N2O4P/c1-10(2)9-12(13(14)16)15-20(17,18-3)19-11-7-5-4-6-8-11/h4-8,10,12H,9H2,1-3H3,(H2,14,16)(H,15,17). The first-order valence-corrected chi connectivity index (χ1v) is 7.88. The minimum Gasteiger partial charge on any atom is -0.413 e. The first-order chi connectivity index (χ1) is 9.36. The number of carbonyl (C=O) groups is 1. The Kier molecular flexibility index (Phi) is 6.20. The average Bonchev–Trinajstić information content (AvgIpc) is 2.38. The smallest absolute Gasteiger partial charge is 0.413 e. The lowest BCUT2D eigenvalue weighted by Gasteiger charge is -2.23. The maximum absolute atomic E-state index is 12.5. The van der Waals surface area contributed by atoms with Gasteiger partial charge in [-0.2, -0.15) is 5.09 Å². The van der Waals surface area contributed by atoms with E-state index in [2.05, 4.69) is 5.09 Å². The number of nitrogens with one attached hydrogen (secondary N) is 1. The number of rotatable bonds is 8. The van der Waals surface area contributed by atoms with E-state index in [1.807, 2.05) is 19.9 Å². The van der Waals surface area contributed by atoms with E-state index in [1.165, 1.54) is 7.11 Å². The maximum atomic E-state index is 12.5. The van der Waals surface area contributed by atoms with Crippen molar-refractivity contribution in [2.75, 3.05) is 7.11 Å². The minimum atomic E-state index is -3.64. The van der Waals surface area contributed by atoms with Crippen molar-refractivity contribution in [2.24, 2.45) is 11.7 Å². The zero-order valence-corrected chi connectivity index (χ0v) is 12.8. The van der Waals surface area contributed by atoms with E-state index in [9.17, 15) is 9.36 Å². The molecule has 2 atom stereocenters. The zero-order valence-electron chi connectivity index (χ0n) is 11.9. The number of para-hydroxylation sites is 1. The van der Waals surface area contributed by atoms with Crippen LogP contribution in [0.2, 0.25) is 0 Å². The van der Waals surface area contributed by atoms with Crippen LogP contribution in [0.3, 0.4) is 0 Å². The van der Waals surface area contributed by atoms with Gasteiger partial charge >= 0.3 is 7.75 Å². The molecule has 20 heavy (non-hydrogen) atoms. The van der Waals surface area contributed by atoms with E-state index < -0.39 is 19.7 Å². The highest BCUT2D eigenvalue weighted by molar-refractivity contribution is 7.52. The summed E-state index contributed by atoms with van der Waals surface area (Å²) < 4.78 is 22.7. The fraction of sp³-hybridized carbons (Fsp3) is 0.462. The van der Waals surface area contributed by atoms with Crippen LogP contribution < -0.4 is 15.3 Å². The minimum absolute atomic E-state index is 0.210. The fourth-order valence-electron chi connectivity index (χ4n) is 1.63. The number of hydrogen-bond donors (Lipinski definition) is 2. The Morgan fingerprint density at radius 3 is 2.40 bits per heavy atom. The monoisotopic (exact) mass is 300 g/mol. The zero-order chi connectivity index (χ0) is 15.2. The van der Waals surface area contributed by atoms with Gasteiger partial charge in [-0.25, -0.2) is 4.57 Å². The molecule has 3 N–H and O–H groups in total. The lowest BCUT2D eigenvalue weighted by molar-refractivity contribution is -0.120. The normalized spacial score (nSPS) is 15.6. The number of primary amides is 1. The first-order valence-electron chi connectivity index (χ1n) is 6.34. The van der Waals surface area contributed by atoms with Gasteiger partial charge in [-0.1, -0.05) is 32.0 Å². The predicted molar refractivity (Wildman–Crippen MR) is 77.3 cm³/mol. The van der Waals surface area contributed by atoms with E-state index in [4.69, 9.17) is 14.8 Å². The van der Waals surface area contributed by atoms with E-state index in [1.54, 1.807) is 24.3 Å². The highest BCUT2D eigenvalue weighted by atomic mass is 31.2. The molecule has 1 aromatic carbocycles. The van der Waals surface area contributed by atoms with Crippen molar-refractivity contribution in [2.45, 2.75) is 26.3 Å². The van der Waals surface area contributed by atoms with Gasteiger partial charge in [-0.3, -0.25) is 9.32 Å². The SMILES string of the molecule is COP(=O)(NC(CC(C)C)C(N)=O)Oc1ccccc1. The van der Waals surface area contributed by atoms with Crippen LogP contribution in [0.5, 0.6) is 5.75 Å². The van der Waals surface area contributed by atoms with Crippen LogP contribution in [-0.2, 0) is 13.9 Å². The van der Waals surface area contributed by atoms with Crippen LogP contribution in [0.1, 0.15) is 20.3 Å². The molecule has 1 rings (SSSR count). The van der Waals surface area contributed by atoms with Crippen molar-refractivity contribution < 1.29 is 18.4 Å². The molecule has 0 radical (unpaired) electrons. The highest BCUT2D eigenvalue weighted by Crippen LogP contribution is 2.44. The third kappa shape index (κ3) is 5.33. The first kappa shape index (κ1) is 16.7. The quantitative estimate of drug-likeness (QED) is 0.719. The second-order valence-corrected chi connectivity index (χ2v) is 6.60. The Balaban J connectivity index is 2.82. The Hall–Kier alpha value is -1.36. The van der Waals surface area contributed by atoms with Crippen LogP contribution in [0.4, 0.5) is 0 Å². The van der Waals surface area contributed by atoms with E-state index in [0.29, 0.717) is 12.2 Å². The van der Waals surface area contributed by atoms with E-state index in [-0.39, 0.29) is 5.92 Å². The molecule has 0 saturated carbocycles. The summed E-state index contributed by atoms with van der Waals surface area (Å²) in [4.78, 5) is 11.4. The van der Waals surface area contributed by atoms with Gasteiger partial charge in [-0.05, 0) is 24.5 Å². The summed E-state index contributed by atoms with van der Waals surface area (Å²) in [5.74, 6) is 0.00705. The molecule has 1 aromatic rings. The lowest BCUT2D eigenvalue weighted by atomic mass is 10.0. The molecule has 0 aliphatic carbocycles. The van der Waals surface area contributed by atoms with Crippen molar-refractivity contribution in [3.05, 3.63) is 30.3 Å². The molecule has 0 aliphatic heterocycles. The molecular weight excluding hydrogens is 279 g/mol. The molecule has 0 fully saturated rings. The topological polar surface area (TPSA) is 90.6 Å². The summed E-state index contributed by atoms with van der Waals surface area (Å²) in [7, 11) is -2.39. The van der Waals surface area contributed by atoms with Crippen LogP contribution >= 0.6 is 7.75 Å². The van der Waals surface area contributed by atoms with Crippen molar-refractivity contribution in [1.82, 2.24) is 5.09 Å². The second-order valence-electron chi connectivity index (χ2n) is 4.80. The van der Waals surface area contributed by atoms with Gasteiger partial charge in [0.1, 0.15) is 5.75 Å². The number of hydrogen-bond acceptors (Lipinski definition) is 4. The van der Waals surface area contributed by atoms with Crippen molar-refractivity contribution in [3.8, 4) is 5.75 Å². The van der Waals surface area contributed by atoms with Gasteiger partial charge in [0.05, 0.1) is 6.04 Å². The predicted octanol–water partition coefficient (Wildman–Crippen LogP) is 2.31. The van der Waals surface area contributed by atoms with Crippen molar-refractivity contribution in [1.29, 1.82) is 0 Å². The molecule has 0 bridgehead atoms. The average molecular weight is 300 g/mol. The van der Waals surface area contributed by atoms with Gasteiger partial charge in [-0.15, -0.1) is 0 Å². The number of nitrogens with two attached hydrogens (primary N) is 1. The van der Waals surface area contributed by atoms with Crippen LogP contribution in [0.15, 0.2) is 30.3 Å². The van der Waals surface area contributed by atoms with E-state index in [0.717, 1.165) is 0 Å². The van der Waals surface area contributed by atoms with Gasteiger partial charge < -0.3 is 10.3 Å². The largest absolute Gasteiger partial charge is 0.459 e. The van der Waals surface area contributed by atoms with Gasteiger partial charge in [0, 0.05) is 7.11 Å². The molecule has 0 saturated heterocycles. The Labute approximate surface area is 119 Å². The summed E-state index contributed by atoms with van der Waals surface area (Å²) in [5, 5.41) is 2.60. The maximum Gasteiger partial charge on any atom is 0.459 e. The summed E-state index contributed by atoms with van der Waals surface area (Å²) in [5.41, 5.74) is 5.31. The van der Waals surface area contributed by atoms with Crippen LogP contribution in [0, 0.1) is 5.92 Å². The Morgan fingerprint density at radius 2 is 1.95 bits per heavy atom. The molecule has 6 nitrogen and oxygen atoms in total. The third-order valence-electron chi connectivity index (χ3n) is 2.57. The van der Waals surface area contributed by atoms with Gasteiger partial charge in [0.25, 0.3) is 0 Å². The molecule has 7 heteroatoms. The molecule has 2 unspecified atom stereocenters. The summed E-state index contributed by atoms with van der Waals surface area (Å²) in [6.07, 6.45) is 0.445. The molecule has 1 amide bonds. The Bertz CT molecular complexity index is 479. The Morgan fingerprint density at radius 1 is 1.35 bits per heavy atom. The highest BCUT2D eigenvalue weighted by Gasteiger charge is 2.31. The third-order valence-corrected chi connectivity index (χ3v) is 4.13. The summed E-state index contributed by atoms with van der Waals surface area (Å²) in [6.45, 7) is 3.88. The van der Waals surface area contributed by atoms with Gasteiger partial charge in [0.15, 0.2) is 0 Å². The van der Waals surface area contributed by atoms with E-state index >= 15 is 0 Å². The second kappa shape index (κ2) is 7.43. The van der Waals surface area contributed by atoms with Gasteiger partial charge in [0.2, 0.25) is 5.91 Å². The number of benzene rings is 1. The molecular formula is C13H21N2O4P. The number of amides is 1. The summed E-state index contributed by atoms with van der Waals surface area (Å²) >= 11 is 0. The molecule has 0 aromatic heterocycles. The van der Waals surface area contributed by atoms with Crippen LogP contribution in [-0.4, -0.2) is 19.1 Å². The lowest BCUT2D eigenvalue weighted by Crippen LogP contribution is -2.41. The molecule has 0 spiro atoms. The fourth-order valence-corrected chi connectivity index (χ4v) is 2.88. The van der Waals surface area contributed by atoms with Crippen molar-refractivity contribution in [3.63, 3.8) is 0 Å². The number of carbonyl (C=O) groups excluding carboxylic acids is 1. The van der Waals surface area contributed by atoms with Crippen molar-refractivity contribution >= 4 is 13.7 Å². The van der Waals surface area contributed by atoms with Crippen LogP contribution in [0.25, 0.3) is 0 Å².